The van der Waals surface area contributed by atoms with E-state index in [1.807, 2.05) is 4.90 Å². The van der Waals surface area contributed by atoms with Crippen LogP contribution in [0.15, 0.2) is 17.0 Å². The summed E-state index contributed by atoms with van der Waals surface area (Å²) in [6.07, 6.45) is 2.06. The predicted molar refractivity (Wildman–Crippen MR) is 68.5 cm³/mol. The maximum Gasteiger partial charge on any atom is 0.185 e. The Morgan fingerprint density at radius 1 is 1.16 bits per heavy atom. The number of nitrogens with zero attached hydrogens (tertiary/aromatic N) is 1. The first kappa shape index (κ1) is 14.2. The van der Waals surface area contributed by atoms with Crippen molar-refractivity contribution in [3.63, 3.8) is 0 Å². The molecule has 1 aromatic carbocycles. The summed E-state index contributed by atoms with van der Waals surface area (Å²) in [5, 5.41) is 0. The normalized spacial score (nSPS) is 16.9. The Labute approximate surface area is 111 Å². The van der Waals surface area contributed by atoms with Gasteiger partial charge in [-0.25, -0.2) is 17.2 Å². The Bertz CT molecular complexity index is 546. The zero-order chi connectivity index (χ0) is 14.0. The number of nitrogens with two attached hydrogens (primary N) is 1. The van der Waals surface area contributed by atoms with Gasteiger partial charge in [0.2, 0.25) is 0 Å². The lowest BCUT2D eigenvalue weighted by molar-refractivity contribution is 0.358. The lowest BCUT2D eigenvalue weighted by atomic mass is 10.3. The Morgan fingerprint density at radius 2 is 1.68 bits per heavy atom. The second-order valence-corrected chi connectivity index (χ2v) is 6.73. The first-order chi connectivity index (χ1) is 8.90. The van der Waals surface area contributed by atoms with E-state index in [0.717, 1.165) is 38.1 Å². The molecule has 0 spiro atoms. The van der Waals surface area contributed by atoms with Gasteiger partial charge in [0.1, 0.15) is 16.5 Å². The van der Waals surface area contributed by atoms with Crippen LogP contribution in [0.3, 0.4) is 0 Å². The highest BCUT2D eigenvalue weighted by Crippen LogP contribution is 2.23. The molecule has 0 unspecified atom stereocenters. The van der Waals surface area contributed by atoms with Gasteiger partial charge >= 0.3 is 0 Å². The van der Waals surface area contributed by atoms with Crippen LogP contribution in [0.25, 0.3) is 0 Å². The molecule has 106 valence electrons. The molecule has 2 rings (SSSR count). The smallest absolute Gasteiger partial charge is 0.185 e. The largest absolute Gasteiger partial charge is 0.399 e. The number of halogens is 2. The summed E-state index contributed by atoms with van der Waals surface area (Å²) >= 11 is 0. The van der Waals surface area contributed by atoms with E-state index < -0.39 is 26.4 Å². The zero-order valence-electron chi connectivity index (χ0n) is 10.4. The minimum atomic E-state index is -3.97. The highest BCUT2D eigenvalue weighted by molar-refractivity contribution is 7.91. The molecule has 7 heteroatoms. The van der Waals surface area contributed by atoms with Gasteiger partial charge in [0.25, 0.3) is 0 Å². The first-order valence-electron chi connectivity index (χ1n) is 6.10. The van der Waals surface area contributed by atoms with Crippen molar-refractivity contribution >= 4 is 15.5 Å². The molecule has 0 aromatic heterocycles. The fraction of sp³-hybridized carbons (Fsp3) is 0.500. The van der Waals surface area contributed by atoms with Gasteiger partial charge in [-0.15, -0.1) is 0 Å². The second-order valence-electron chi connectivity index (χ2n) is 4.68. The van der Waals surface area contributed by atoms with Gasteiger partial charge in [0.15, 0.2) is 9.84 Å². The van der Waals surface area contributed by atoms with Crippen LogP contribution in [0.2, 0.25) is 0 Å². The van der Waals surface area contributed by atoms with Gasteiger partial charge in [-0.3, -0.25) is 0 Å². The van der Waals surface area contributed by atoms with Crippen LogP contribution >= 0.6 is 0 Å². The minimum Gasteiger partial charge on any atom is -0.399 e. The van der Waals surface area contributed by atoms with Crippen LogP contribution in [0, 0.1) is 11.6 Å². The molecule has 1 fully saturated rings. The summed E-state index contributed by atoms with van der Waals surface area (Å²) in [5.74, 6) is -2.54. The highest BCUT2D eigenvalue weighted by atomic mass is 32.2. The van der Waals surface area contributed by atoms with Crippen molar-refractivity contribution in [2.75, 3.05) is 31.1 Å². The van der Waals surface area contributed by atoms with Gasteiger partial charge in [0.05, 0.1) is 5.75 Å². The Morgan fingerprint density at radius 3 is 2.21 bits per heavy atom. The minimum absolute atomic E-state index is 0.131. The highest BCUT2D eigenvalue weighted by Gasteiger charge is 2.25. The monoisotopic (exact) mass is 290 g/mol. The van der Waals surface area contributed by atoms with E-state index in [-0.39, 0.29) is 11.4 Å². The molecule has 0 bridgehead atoms. The third-order valence-corrected chi connectivity index (χ3v) is 4.94. The lowest BCUT2D eigenvalue weighted by Gasteiger charge is -2.15. The first-order valence-corrected chi connectivity index (χ1v) is 7.75. The predicted octanol–water partition coefficient (Wildman–Crippen LogP) is 1.42. The summed E-state index contributed by atoms with van der Waals surface area (Å²) in [7, 11) is -3.97. The fourth-order valence-electron chi connectivity index (χ4n) is 2.23. The molecule has 4 nitrogen and oxygen atoms in total. The molecule has 1 heterocycles. The standard InChI is InChI=1S/C12H16F2N2O2S/c13-10-7-9(15)8-11(14)12(10)19(17,18)6-5-16-3-1-2-4-16/h7-8H,1-6,15H2. The van der Waals surface area contributed by atoms with Crippen LogP contribution < -0.4 is 5.73 Å². The van der Waals surface area contributed by atoms with Gasteiger partial charge < -0.3 is 10.6 Å². The topological polar surface area (TPSA) is 63.4 Å². The molecule has 0 atom stereocenters. The van der Waals surface area contributed by atoms with Gasteiger partial charge in [-0.1, -0.05) is 0 Å². The summed E-state index contributed by atoms with van der Waals surface area (Å²) in [5.41, 5.74) is 5.13. The molecule has 0 radical (unpaired) electrons. The van der Waals surface area contributed by atoms with Crippen molar-refractivity contribution in [2.45, 2.75) is 17.7 Å². The molecular formula is C12H16F2N2O2S. The van der Waals surface area contributed by atoms with Crippen LogP contribution in [-0.2, 0) is 9.84 Å². The maximum absolute atomic E-state index is 13.6. The van der Waals surface area contributed by atoms with Gasteiger partial charge in [-0.2, -0.15) is 0 Å². The van der Waals surface area contributed by atoms with Crippen molar-refractivity contribution in [3.05, 3.63) is 23.8 Å². The van der Waals surface area contributed by atoms with Crippen LogP contribution in [-0.4, -0.2) is 38.7 Å². The summed E-state index contributed by atoms with van der Waals surface area (Å²) in [6.45, 7) is 1.97. The molecule has 0 aliphatic carbocycles. The quantitative estimate of drug-likeness (QED) is 0.852. The van der Waals surface area contributed by atoms with E-state index in [0.29, 0.717) is 6.54 Å². The van der Waals surface area contributed by atoms with E-state index in [2.05, 4.69) is 0 Å². The third-order valence-electron chi connectivity index (χ3n) is 3.21. The number of nitrogen functional groups attached to an aromatic ring is 1. The molecular weight excluding hydrogens is 274 g/mol. The average molecular weight is 290 g/mol. The molecule has 0 amide bonds. The van der Waals surface area contributed by atoms with Gasteiger partial charge in [-0.05, 0) is 38.1 Å². The fourth-order valence-corrected chi connectivity index (χ4v) is 3.65. The van der Waals surface area contributed by atoms with Crippen molar-refractivity contribution in [3.8, 4) is 0 Å². The summed E-state index contributed by atoms with van der Waals surface area (Å²) in [6, 6.07) is 1.65. The van der Waals surface area contributed by atoms with Crippen molar-refractivity contribution in [1.29, 1.82) is 0 Å². The Kier molecular flexibility index (Phi) is 4.05. The number of rotatable bonds is 4. The van der Waals surface area contributed by atoms with E-state index in [1.165, 1.54) is 0 Å². The number of benzene rings is 1. The number of hydrogen-bond acceptors (Lipinski definition) is 4. The van der Waals surface area contributed by atoms with E-state index in [9.17, 15) is 17.2 Å². The average Bonchev–Trinajstić information content (AvgIpc) is 2.77. The second kappa shape index (κ2) is 5.42. The number of hydrogen-bond donors (Lipinski definition) is 1. The van der Waals surface area contributed by atoms with Crippen molar-refractivity contribution < 1.29 is 17.2 Å². The van der Waals surface area contributed by atoms with E-state index >= 15 is 0 Å². The maximum atomic E-state index is 13.6. The van der Waals surface area contributed by atoms with Crippen LogP contribution in [0.1, 0.15) is 12.8 Å². The molecule has 1 aliphatic rings. The Balaban J connectivity index is 2.19. The van der Waals surface area contributed by atoms with Crippen LogP contribution in [0.5, 0.6) is 0 Å². The number of anilines is 1. The molecule has 2 N–H and O–H groups in total. The molecule has 1 aromatic rings. The third kappa shape index (κ3) is 3.22. The Hall–Kier alpha value is -1.21. The van der Waals surface area contributed by atoms with E-state index in [1.54, 1.807) is 0 Å². The summed E-state index contributed by atoms with van der Waals surface area (Å²) in [4.78, 5) is 1.10. The molecule has 19 heavy (non-hydrogen) atoms. The summed E-state index contributed by atoms with van der Waals surface area (Å²) < 4.78 is 51.2. The van der Waals surface area contributed by atoms with Gasteiger partial charge in [0, 0.05) is 12.2 Å². The zero-order valence-corrected chi connectivity index (χ0v) is 11.2. The SMILES string of the molecule is Nc1cc(F)c(S(=O)(=O)CCN2CCCC2)c(F)c1. The van der Waals surface area contributed by atoms with E-state index in [4.69, 9.17) is 5.73 Å². The lowest BCUT2D eigenvalue weighted by Crippen LogP contribution is -2.27. The molecule has 0 saturated carbocycles. The molecule has 1 aliphatic heterocycles. The van der Waals surface area contributed by atoms with Crippen molar-refractivity contribution in [1.82, 2.24) is 4.90 Å². The number of likely N-dealkylation sites (tertiary alicyclic amines) is 1. The van der Waals surface area contributed by atoms with Crippen LogP contribution in [0.4, 0.5) is 14.5 Å². The molecule has 1 saturated heterocycles. The number of sulfone groups is 1. The van der Waals surface area contributed by atoms with Crippen molar-refractivity contribution in [2.24, 2.45) is 0 Å².